The molecule has 1 N–H and O–H groups in total. The van der Waals surface area contributed by atoms with E-state index in [2.05, 4.69) is 0 Å². The van der Waals surface area contributed by atoms with Crippen molar-refractivity contribution < 1.29 is 18.7 Å². The Morgan fingerprint density at radius 1 is 1.47 bits per heavy atom. The van der Waals surface area contributed by atoms with E-state index in [-0.39, 0.29) is 24.8 Å². The number of unbranched alkanes of at least 4 members (excludes halogenated alkanes) is 1. The van der Waals surface area contributed by atoms with E-state index in [9.17, 15) is 13.6 Å². The van der Waals surface area contributed by atoms with Crippen LogP contribution in [-0.2, 0) is 6.54 Å². The number of amides is 1. The van der Waals surface area contributed by atoms with Crippen LogP contribution < -0.4 is 0 Å². The van der Waals surface area contributed by atoms with E-state index in [0.717, 1.165) is 12.8 Å². The summed E-state index contributed by atoms with van der Waals surface area (Å²) in [5.41, 5.74) is 0.241. The first-order valence-electron chi connectivity index (χ1n) is 6.43. The number of aliphatic hydroxyl groups excluding tert-OH is 1. The molecule has 0 aromatic carbocycles. The number of carbonyl (C=O) groups excluding carboxylic acids is 1. The molecule has 4 nitrogen and oxygen atoms in total. The van der Waals surface area contributed by atoms with Crippen LogP contribution in [0.4, 0.5) is 8.78 Å². The van der Waals surface area contributed by atoms with Crippen molar-refractivity contribution in [3.05, 3.63) is 24.0 Å². The van der Waals surface area contributed by atoms with Gasteiger partial charge in [0, 0.05) is 19.3 Å². The fourth-order valence-electron chi connectivity index (χ4n) is 1.86. The van der Waals surface area contributed by atoms with Gasteiger partial charge in [-0.05, 0) is 18.6 Å². The van der Waals surface area contributed by atoms with E-state index < -0.39 is 13.0 Å². The zero-order valence-corrected chi connectivity index (χ0v) is 11.1. The number of rotatable bonds is 8. The van der Waals surface area contributed by atoms with E-state index in [1.54, 1.807) is 6.07 Å². The van der Waals surface area contributed by atoms with Gasteiger partial charge in [-0.2, -0.15) is 0 Å². The Balaban J connectivity index is 2.80. The zero-order valence-electron chi connectivity index (χ0n) is 11.1. The Hall–Kier alpha value is -1.43. The second kappa shape index (κ2) is 7.89. The Labute approximate surface area is 111 Å². The Morgan fingerprint density at radius 3 is 2.79 bits per heavy atom. The predicted molar refractivity (Wildman–Crippen MR) is 68.3 cm³/mol. The fraction of sp³-hybridized carbons (Fsp3) is 0.615. The summed E-state index contributed by atoms with van der Waals surface area (Å²) in [6.07, 6.45) is 0.714. The van der Waals surface area contributed by atoms with Crippen LogP contribution in [0, 0.1) is 0 Å². The molecule has 0 aliphatic carbocycles. The average Bonchev–Trinajstić information content (AvgIpc) is 2.80. The molecular weight excluding hydrogens is 254 g/mol. The fourth-order valence-corrected chi connectivity index (χ4v) is 1.86. The second-order valence-electron chi connectivity index (χ2n) is 4.31. The lowest BCUT2D eigenvalue weighted by Gasteiger charge is -2.22. The highest BCUT2D eigenvalue weighted by Gasteiger charge is 2.19. The SMILES string of the molecule is CCCCN(CCO)C(=O)c1cccn1CC(F)F. The summed E-state index contributed by atoms with van der Waals surface area (Å²) in [5.74, 6) is -0.312. The molecule has 0 atom stereocenters. The molecule has 0 fully saturated rings. The number of aliphatic hydroxyl groups is 1. The standard InChI is InChI=1S/C13H20F2N2O2/c1-2-3-6-16(8-9-18)13(19)11-5-4-7-17(11)10-12(14)15/h4-5,7,12,18H,2-3,6,8-10H2,1H3. The second-order valence-corrected chi connectivity index (χ2v) is 4.31. The van der Waals surface area contributed by atoms with Crippen LogP contribution >= 0.6 is 0 Å². The van der Waals surface area contributed by atoms with E-state index in [4.69, 9.17) is 5.11 Å². The molecule has 19 heavy (non-hydrogen) atoms. The molecule has 1 aromatic rings. The number of hydrogen-bond acceptors (Lipinski definition) is 2. The number of nitrogens with zero attached hydrogens (tertiary/aromatic N) is 2. The highest BCUT2D eigenvalue weighted by molar-refractivity contribution is 5.92. The zero-order chi connectivity index (χ0) is 14.3. The number of alkyl halides is 2. The maximum absolute atomic E-state index is 12.4. The van der Waals surface area contributed by atoms with Gasteiger partial charge in [-0.1, -0.05) is 13.3 Å². The van der Waals surface area contributed by atoms with Crippen LogP contribution in [0.25, 0.3) is 0 Å². The first-order valence-corrected chi connectivity index (χ1v) is 6.43. The Bertz CT molecular complexity index is 394. The van der Waals surface area contributed by atoms with E-state index in [1.165, 1.54) is 21.7 Å². The maximum Gasteiger partial charge on any atom is 0.270 e. The van der Waals surface area contributed by atoms with Gasteiger partial charge in [0.05, 0.1) is 13.2 Å². The quantitative estimate of drug-likeness (QED) is 0.788. The molecule has 0 radical (unpaired) electrons. The molecular formula is C13H20F2N2O2. The summed E-state index contributed by atoms with van der Waals surface area (Å²) in [4.78, 5) is 13.8. The summed E-state index contributed by atoms with van der Waals surface area (Å²) in [5, 5.41) is 8.98. The molecule has 6 heteroatoms. The minimum absolute atomic E-state index is 0.134. The van der Waals surface area contributed by atoms with E-state index in [1.807, 2.05) is 6.92 Å². The lowest BCUT2D eigenvalue weighted by atomic mass is 10.3. The monoisotopic (exact) mass is 274 g/mol. The molecule has 0 bridgehead atoms. The normalized spacial score (nSPS) is 11.0. The van der Waals surface area contributed by atoms with Crippen LogP contribution in [0.1, 0.15) is 30.3 Å². The predicted octanol–water partition coefficient (Wildman–Crippen LogP) is 1.99. The molecule has 108 valence electrons. The highest BCUT2D eigenvalue weighted by Crippen LogP contribution is 2.10. The first-order chi connectivity index (χ1) is 9.10. The molecule has 0 unspecified atom stereocenters. The van der Waals surface area contributed by atoms with Gasteiger partial charge in [0.2, 0.25) is 0 Å². The average molecular weight is 274 g/mol. The summed E-state index contributed by atoms with van der Waals surface area (Å²) >= 11 is 0. The van der Waals surface area contributed by atoms with Gasteiger partial charge >= 0.3 is 0 Å². The summed E-state index contributed by atoms with van der Waals surface area (Å²) < 4.78 is 26.1. The van der Waals surface area contributed by atoms with Gasteiger partial charge in [-0.25, -0.2) is 8.78 Å². The first kappa shape index (κ1) is 15.6. The lowest BCUT2D eigenvalue weighted by molar-refractivity contribution is 0.0699. The third-order valence-corrected chi connectivity index (χ3v) is 2.82. The third-order valence-electron chi connectivity index (χ3n) is 2.82. The number of carbonyl (C=O) groups is 1. The lowest BCUT2D eigenvalue weighted by Crippen LogP contribution is -2.35. The molecule has 0 spiro atoms. The molecule has 1 heterocycles. The maximum atomic E-state index is 12.4. The Kier molecular flexibility index (Phi) is 6.49. The summed E-state index contributed by atoms with van der Waals surface area (Å²) in [6, 6.07) is 3.10. The van der Waals surface area contributed by atoms with Crippen molar-refractivity contribution >= 4 is 5.91 Å². The molecule has 1 amide bonds. The van der Waals surface area contributed by atoms with E-state index >= 15 is 0 Å². The van der Waals surface area contributed by atoms with Crippen LogP contribution in [0.5, 0.6) is 0 Å². The number of halogens is 2. The molecule has 0 aliphatic rings. The summed E-state index contributed by atoms with van der Waals surface area (Å²) in [6.45, 7) is 2.12. The molecule has 1 aromatic heterocycles. The molecule has 0 aliphatic heterocycles. The van der Waals surface area contributed by atoms with Crippen molar-refractivity contribution in [1.82, 2.24) is 9.47 Å². The number of hydrogen-bond donors (Lipinski definition) is 1. The van der Waals surface area contributed by atoms with Gasteiger partial charge in [0.1, 0.15) is 5.69 Å². The van der Waals surface area contributed by atoms with Gasteiger partial charge in [-0.3, -0.25) is 4.79 Å². The van der Waals surface area contributed by atoms with Gasteiger partial charge in [0.25, 0.3) is 12.3 Å². The Morgan fingerprint density at radius 2 is 2.21 bits per heavy atom. The van der Waals surface area contributed by atoms with Crippen molar-refractivity contribution in [2.75, 3.05) is 19.7 Å². The largest absolute Gasteiger partial charge is 0.395 e. The number of aromatic nitrogens is 1. The van der Waals surface area contributed by atoms with Gasteiger partial charge in [0.15, 0.2) is 0 Å². The van der Waals surface area contributed by atoms with Gasteiger partial charge < -0.3 is 14.6 Å². The van der Waals surface area contributed by atoms with Gasteiger partial charge in [-0.15, -0.1) is 0 Å². The topological polar surface area (TPSA) is 45.5 Å². The van der Waals surface area contributed by atoms with Crippen LogP contribution in [-0.4, -0.2) is 46.6 Å². The minimum atomic E-state index is -2.50. The van der Waals surface area contributed by atoms with Crippen molar-refractivity contribution in [1.29, 1.82) is 0 Å². The third kappa shape index (κ3) is 4.63. The molecule has 0 saturated carbocycles. The summed E-state index contributed by atoms with van der Waals surface area (Å²) in [7, 11) is 0. The van der Waals surface area contributed by atoms with Crippen molar-refractivity contribution in [3.63, 3.8) is 0 Å². The van der Waals surface area contributed by atoms with Crippen LogP contribution in [0.2, 0.25) is 0 Å². The smallest absolute Gasteiger partial charge is 0.270 e. The molecule has 0 saturated heterocycles. The van der Waals surface area contributed by atoms with Crippen LogP contribution in [0.15, 0.2) is 18.3 Å². The van der Waals surface area contributed by atoms with E-state index in [0.29, 0.717) is 6.54 Å². The van der Waals surface area contributed by atoms with Crippen LogP contribution in [0.3, 0.4) is 0 Å². The highest BCUT2D eigenvalue weighted by atomic mass is 19.3. The van der Waals surface area contributed by atoms with Crippen molar-refractivity contribution in [2.24, 2.45) is 0 Å². The minimum Gasteiger partial charge on any atom is -0.395 e. The van der Waals surface area contributed by atoms with Crippen molar-refractivity contribution in [2.45, 2.75) is 32.7 Å². The van der Waals surface area contributed by atoms with Crippen molar-refractivity contribution in [3.8, 4) is 0 Å². The molecule has 1 rings (SSSR count).